The number of nitrogens with one attached hydrogen (secondary N) is 1. The van der Waals surface area contributed by atoms with Crippen LogP contribution in [-0.4, -0.2) is 24.4 Å². The Morgan fingerprint density at radius 2 is 1.84 bits per heavy atom. The second-order valence-corrected chi connectivity index (χ2v) is 6.32. The van der Waals surface area contributed by atoms with Gasteiger partial charge in [-0.15, -0.1) is 0 Å². The molecule has 5 heteroatoms. The van der Waals surface area contributed by atoms with Gasteiger partial charge in [0, 0.05) is 18.7 Å². The number of carbonyl (C=O) groups excluding carboxylic acids is 2. The number of amides is 2. The Morgan fingerprint density at radius 1 is 1.16 bits per heavy atom. The van der Waals surface area contributed by atoms with Gasteiger partial charge in [0.1, 0.15) is 11.9 Å². The summed E-state index contributed by atoms with van der Waals surface area (Å²) in [6.45, 7) is 2.44. The van der Waals surface area contributed by atoms with Crippen LogP contribution in [0.4, 0.5) is 10.1 Å². The van der Waals surface area contributed by atoms with Gasteiger partial charge in [0.2, 0.25) is 11.8 Å². The van der Waals surface area contributed by atoms with Crippen LogP contribution in [0.25, 0.3) is 0 Å². The summed E-state index contributed by atoms with van der Waals surface area (Å²) in [5.41, 5.74) is 2.82. The minimum atomic E-state index is -0.469. The second kappa shape index (κ2) is 7.47. The van der Waals surface area contributed by atoms with Crippen molar-refractivity contribution in [2.45, 2.75) is 32.2 Å². The molecule has 1 fully saturated rings. The lowest BCUT2D eigenvalue weighted by molar-refractivity contribution is -0.123. The van der Waals surface area contributed by atoms with Gasteiger partial charge in [0.25, 0.3) is 0 Å². The van der Waals surface area contributed by atoms with Gasteiger partial charge in [-0.05, 0) is 49.6 Å². The monoisotopic (exact) mass is 340 g/mol. The van der Waals surface area contributed by atoms with Crippen molar-refractivity contribution in [2.75, 3.05) is 11.4 Å². The van der Waals surface area contributed by atoms with E-state index in [0.717, 1.165) is 16.8 Å². The predicted octanol–water partition coefficient (Wildman–Crippen LogP) is 2.99. The van der Waals surface area contributed by atoms with Crippen LogP contribution in [-0.2, 0) is 16.0 Å². The first-order valence-corrected chi connectivity index (χ1v) is 8.45. The Labute approximate surface area is 146 Å². The third-order valence-electron chi connectivity index (χ3n) is 4.45. The predicted molar refractivity (Wildman–Crippen MR) is 94.8 cm³/mol. The first-order valence-electron chi connectivity index (χ1n) is 8.45. The van der Waals surface area contributed by atoms with Crippen molar-refractivity contribution in [3.63, 3.8) is 0 Å². The summed E-state index contributed by atoms with van der Waals surface area (Å²) in [6, 6.07) is 13.4. The number of hydrogen-bond acceptors (Lipinski definition) is 2. The van der Waals surface area contributed by atoms with E-state index in [0.29, 0.717) is 25.8 Å². The average molecular weight is 340 g/mol. The van der Waals surface area contributed by atoms with Gasteiger partial charge in [-0.25, -0.2) is 4.39 Å². The normalized spacial score (nSPS) is 17.0. The van der Waals surface area contributed by atoms with Crippen molar-refractivity contribution in [1.82, 2.24) is 5.32 Å². The third-order valence-corrected chi connectivity index (χ3v) is 4.45. The molecule has 0 spiro atoms. The van der Waals surface area contributed by atoms with Crippen LogP contribution < -0.4 is 10.2 Å². The Hall–Kier alpha value is -2.69. The molecule has 0 aromatic heterocycles. The fourth-order valence-corrected chi connectivity index (χ4v) is 3.06. The number of anilines is 1. The molecular formula is C20H21FN2O2. The number of aryl methyl sites for hydroxylation is 1. The molecule has 0 radical (unpaired) electrons. The molecule has 1 N–H and O–H groups in total. The highest BCUT2D eigenvalue weighted by molar-refractivity contribution is 6.03. The molecule has 1 heterocycles. The molecule has 4 nitrogen and oxygen atoms in total. The van der Waals surface area contributed by atoms with Crippen molar-refractivity contribution in [1.29, 1.82) is 0 Å². The molecule has 25 heavy (non-hydrogen) atoms. The molecule has 3 rings (SSSR count). The minimum absolute atomic E-state index is 0.0254. The molecule has 2 amide bonds. The van der Waals surface area contributed by atoms with Crippen LogP contribution >= 0.6 is 0 Å². The molecular weight excluding hydrogens is 319 g/mol. The van der Waals surface area contributed by atoms with E-state index in [1.165, 1.54) is 12.1 Å². The van der Waals surface area contributed by atoms with E-state index in [-0.39, 0.29) is 17.6 Å². The SMILES string of the molecule is Cc1ccc(N2C(=O)CCC2C(=O)NCCc2ccc(F)cc2)cc1. The zero-order chi connectivity index (χ0) is 17.8. The lowest BCUT2D eigenvalue weighted by Gasteiger charge is -2.24. The van der Waals surface area contributed by atoms with Crippen LogP contribution in [0.3, 0.4) is 0 Å². The number of hydrogen-bond donors (Lipinski definition) is 1. The van der Waals surface area contributed by atoms with E-state index in [1.807, 2.05) is 31.2 Å². The zero-order valence-corrected chi connectivity index (χ0v) is 14.2. The standard InChI is InChI=1S/C20H21FN2O2/c1-14-2-8-17(9-3-14)23-18(10-11-19(23)24)20(25)22-13-12-15-4-6-16(21)7-5-15/h2-9,18H,10-13H2,1H3,(H,22,25). The molecule has 2 aromatic carbocycles. The maximum atomic E-state index is 12.9. The summed E-state index contributed by atoms with van der Waals surface area (Å²) < 4.78 is 12.9. The Morgan fingerprint density at radius 3 is 2.52 bits per heavy atom. The maximum Gasteiger partial charge on any atom is 0.243 e. The molecule has 130 valence electrons. The highest BCUT2D eigenvalue weighted by atomic mass is 19.1. The molecule has 1 unspecified atom stereocenters. The van der Waals surface area contributed by atoms with Gasteiger partial charge < -0.3 is 5.32 Å². The highest BCUT2D eigenvalue weighted by Crippen LogP contribution is 2.27. The number of benzene rings is 2. The number of nitrogens with zero attached hydrogens (tertiary/aromatic N) is 1. The average Bonchev–Trinajstić information content (AvgIpc) is 2.99. The van der Waals surface area contributed by atoms with Crippen LogP contribution in [0.1, 0.15) is 24.0 Å². The third kappa shape index (κ3) is 4.05. The van der Waals surface area contributed by atoms with Crippen LogP contribution in [0.2, 0.25) is 0 Å². The molecule has 0 saturated carbocycles. The van der Waals surface area contributed by atoms with Crippen LogP contribution in [0.15, 0.2) is 48.5 Å². The van der Waals surface area contributed by atoms with Gasteiger partial charge >= 0.3 is 0 Å². The summed E-state index contributed by atoms with van der Waals surface area (Å²) in [5.74, 6) is -0.443. The molecule has 1 saturated heterocycles. The number of rotatable bonds is 5. The van der Waals surface area contributed by atoms with Crippen molar-refractivity contribution in [3.8, 4) is 0 Å². The van der Waals surface area contributed by atoms with Crippen molar-refractivity contribution >= 4 is 17.5 Å². The van der Waals surface area contributed by atoms with Gasteiger partial charge in [0.05, 0.1) is 0 Å². The van der Waals surface area contributed by atoms with Gasteiger partial charge in [0.15, 0.2) is 0 Å². The van der Waals surface area contributed by atoms with E-state index in [9.17, 15) is 14.0 Å². The quantitative estimate of drug-likeness (QED) is 0.910. The molecule has 1 atom stereocenters. The molecule has 2 aromatic rings. The van der Waals surface area contributed by atoms with Gasteiger partial charge in [-0.3, -0.25) is 14.5 Å². The first kappa shape index (κ1) is 17.1. The molecule has 0 bridgehead atoms. The van der Waals surface area contributed by atoms with Gasteiger partial charge in [-0.2, -0.15) is 0 Å². The number of carbonyl (C=O) groups is 2. The topological polar surface area (TPSA) is 49.4 Å². The molecule has 0 aliphatic carbocycles. The maximum absolute atomic E-state index is 12.9. The summed E-state index contributed by atoms with van der Waals surface area (Å²) in [5, 5.41) is 2.89. The first-order chi connectivity index (χ1) is 12.0. The fourth-order valence-electron chi connectivity index (χ4n) is 3.06. The highest BCUT2D eigenvalue weighted by Gasteiger charge is 2.36. The molecule has 1 aliphatic heterocycles. The van der Waals surface area contributed by atoms with E-state index < -0.39 is 6.04 Å². The fraction of sp³-hybridized carbons (Fsp3) is 0.300. The summed E-state index contributed by atoms with van der Waals surface area (Å²) in [4.78, 5) is 26.3. The lowest BCUT2D eigenvalue weighted by atomic mass is 10.1. The number of halogens is 1. The van der Waals surface area contributed by atoms with E-state index in [1.54, 1.807) is 17.0 Å². The zero-order valence-electron chi connectivity index (χ0n) is 14.2. The largest absolute Gasteiger partial charge is 0.354 e. The Balaban J connectivity index is 1.61. The Kier molecular flexibility index (Phi) is 5.12. The second-order valence-electron chi connectivity index (χ2n) is 6.32. The van der Waals surface area contributed by atoms with Gasteiger partial charge in [-0.1, -0.05) is 29.8 Å². The van der Waals surface area contributed by atoms with Crippen molar-refractivity contribution in [3.05, 3.63) is 65.5 Å². The van der Waals surface area contributed by atoms with E-state index in [4.69, 9.17) is 0 Å². The smallest absolute Gasteiger partial charge is 0.243 e. The summed E-state index contributed by atoms with van der Waals surface area (Å²) in [7, 11) is 0. The van der Waals surface area contributed by atoms with E-state index in [2.05, 4.69) is 5.32 Å². The van der Waals surface area contributed by atoms with Crippen molar-refractivity contribution < 1.29 is 14.0 Å². The molecule has 1 aliphatic rings. The van der Waals surface area contributed by atoms with Crippen LogP contribution in [0.5, 0.6) is 0 Å². The Bertz CT molecular complexity index is 756. The van der Waals surface area contributed by atoms with Crippen molar-refractivity contribution in [2.24, 2.45) is 0 Å². The summed E-state index contributed by atoms with van der Waals surface area (Å²) >= 11 is 0. The summed E-state index contributed by atoms with van der Waals surface area (Å²) in [6.07, 6.45) is 1.52. The van der Waals surface area contributed by atoms with E-state index >= 15 is 0 Å². The van der Waals surface area contributed by atoms with Crippen LogP contribution in [0, 0.1) is 12.7 Å². The lowest BCUT2D eigenvalue weighted by Crippen LogP contribution is -2.45. The minimum Gasteiger partial charge on any atom is -0.354 e.